The van der Waals surface area contributed by atoms with Crippen molar-refractivity contribution in [1.29, 1.82) is 0 Å². The normalized spacial score (nSPS) is 12.8. The zero-order chi connectivity index (χ0) is 13.8. The number of aliphatic hydroxyl groups is 1. The molecule has 0 amide bonds. The minimum absolute atomic E-state index is 0.0400. The average Bonchev–Trinajstić information content (AvgIpc) is 2.81. The van der Waals surface area contributed by atoms with E-state index in [1.165, 1.54) is 4.88 Å². The summed E-state index contributed by atoms with van der Waals surface area (Å²) < 4.78 is 5.04. The van der Waals surface area contributed by atoms with E-state index in [1.807, 2.05) is 0 Å². The summed E-state index contributed by atoms with van der Waals surface area (Å²) >= 11 is 7.54. The van der Waals surface area contributed by atoms with Gasteiger partial charge in [0.05, 0.1) is 24.6 Å². The van der Waals surface area contributed by atoms with Crippen LogP contribution in [0.2, 0.25) is 5.28 Å². The van der Waals surface area contributed by atoms with Crippen LogP contribution in [0.1, 0.15) is 11.8 Å². The maximum atomic E-state index is 9.29. The molecule has 0 radical (unpaired) electrons. The largest absolute Gasteiger partial charge is 0.394 e. The number of rotatable bonds is 6. The molecule has 0 aliphatic carbocycles. The second-order valence-corrected chi connectivity index (χ2v) is 5.56. The molecule has 0 aliphatic rings. The standard InChI is InChI=1S/C12H16ClN3O2S/c1-3-8-4-9-10(14-7(5-17)6-18-2)15-12(13)16-11(9)19-8/h4,7,17H,3,5-6H2,1-2H3,(H,14,15,16). The van der Waals surface area contributed by atoms with Crippen molar-refractivity contribution in [2.75, 3.05) is 25.6 Å². The Morgan fingerprint density at radius 1 is 1.53 bits per heavy atom. The van der Waals surface area contributed by atoms with E-state index < -0.39 is 0 Å². The molecule has 0 spiro atoms. The molecule has 0 aromatic carbocycles. The van der Waals surface area contributed by atoms with Gasteiger partial charge in [-0.2, -0.15) is 0 Å². The molecule has 7 heteroatoms. The van der Waals surface area contributed by atoms with Gasteiger partial charge < -0.3 is 15.2 Å². The molecule has 0 saturated carbocycles. The second-order valence-electron chi connectivity index (χ2n) is 4.11. The van der Waals surface area contributed by atoms with Crippen LogP contribution in [0.25, 0.3) is 10.2 Å². The van der Waals surface area contributed by atoms with Crippen LogP contribution in [-0.2, 0) is 11.2 Å². The lowest BCUT2D eigenvalue weighted by Gasteiger charge is -2.16. The van der Waals surface area contributed by atoms with Crippen molar-refractivity contribution in [2.45, 2.75) is 19.4 Å². The van der Waals surface area contributed by atoms with Crippen molar-refractivity contribution >= 4 is 39.0 Å². The molecule has 0 saturated heterocycles. The van der Waals surface area contributed by atoms with Crippen molar-refractivity contribution in [2.24, 2.45) is 0 Å². The molecule has 2 aromatic heterocycles. The number of hydrogen-bond acceptors (Lipinski definition) is 6. The number of methoxy groups -OCH3 is 1. The van der Waals surface area contributed by atoms with Crippen molar-refractivity contribution in [1.82, 2.24) is 9.97 Å². The number of fused-ring (bicyclic) bond motifs is 1. The first-order valence-electron chi connectivity index (χ1n) is 6.00. The number of halogens is 1. The topological polar surface area (TPSA) is 67.3 Å². The van der Waals surface area contributed by atoms with Gasteiger partial charge in [-0.15, -0.1) is 11.3 Å². The molecule has 0 fully saturated rings. The molecule has 104 valence electrons. The van der Waals surface area contributed by atoms with E-state index in [0.717, 1.165) is 16.6 Å². The Kier molecular flexibility index (Phi) is 4.93. The monoisotopic (exact) mass is 301 g/mol. The molecule has 19 heavy (non-hydrogen) atoms. The van der Waals surface area contributed by atoms with Gasteiger partial charge in [-0.25, -0.2) is 9.97 Å². The number of hydrogen-bond donors (Lipinski definition) is 2. The number of anilines is 1. The number of nitrogens with one attached hydrogen (secondary N) is 1. The lowest BCUT2D eigenvalue weighted by atomic mass is 10.2. The van der Waals surface area contributed by atoms with Gasteiger partial charge in [0.15, 0.2) is 0 Å². The first kappa shape index (κ1) is 14.5. The van der Waals surface area contributed by atoms with Crippen molar-refractivity contribution < 1.29 is 9.84 Å². The summed E-state index contributed by atoms with van der Waals surface area (Å²) in [5.41, 5.74) is 0. The van der Waals surface area contributed by atoms with Crippen molar-refractivity contribution in [3.63, 3.8) is 0 Å². The highest BCUT2D eigenvalue weighted by molar-refractivity contribution is 7.18. The number of ether oxygens (including phenoxy) is 1. The highest BCUT2D eigenvalue weighted by Gasteiger charge is 2.14. The minimum Gasteiger partial charge on any atom is -0.394 e. The third kappa shape index (κ3) is 3.33. The highest BCUT2D eigenvalue weighted by Crippen LogP contribution is 2.30. The molecule has 0 bridgehead atoms. The van der Waals surface area contributed by atoms with Crippen LogP contribution in [0.3, 0.4) is 0 Å². The smallest absolute Gasteiger partial charge is 0.225 e. The van der Waals surface area contributed by atoms with Gasteiger partial charge in [-0.1, -0.05) is 6.92 Å². The van der Waals surface area contributed by atoms with Crippen LogP contribution in [0, 0.1) is 0 Å². The van der Waals surface area contributed by atoms with Crippen LogP contribution < -0.4 is 5.32 Å². The maximum absolute atomic E-state index is 9.29. The third-order valence-corrected chi connectivity index (χ3v) is 4.04. The number of thiophene rings is 1. The lowest BCUT2D eigenvalue weighted by molar-refractivity contribution is 0.153. The van der Waals surface area contributed by atoms with E-state index in [1.54, 1.807) is 18.4 Å². The Labute approximate surface area is 120 Å². The Bertz CT molecular complexity index is 561. The summed E-state index contributed by atoms with van der Waals surface area (Å²) in [6, 6.07) is 1.84. The Morgan fingerprint density at radius 2 is 2.32 bits per heavy atom. The van der Waals surface area contributed by atoms with Crippen LogP contribution in [-0.4, -0.2) is 41.4 Å². The van der Waals surface area contributed by atoms with Gasteiger partial charge in [-0.3, -0.25) is 0 Å². The van der Waals surface area contributed by atoms with Crippen LogP contribution in [0.15, 0.2) is 6.07 Å². The number of nitrogens with zero attached hydrogens (tertiary/aromatic N) is 2. The van der Waals surface area contributed by atoms with E-state index in [-0.39, 0.29) is 17.9 Å². The molecular weight excluding hydrogens is 286 g/mol. The van der Waals surface area contributed by atoms with Gasteiger partial charge in [0.2, 0.25) is 5.28 Å². The zero-order valence-electron chi connectivity index (χ0n) is 10.8. The third-order valence-electron chi connectivity index (χ3n) is 2.69. The molecule has 2 aromatic rings. The number of aromatic nitrogens is 2. The first-order valence-corrected chi connectivity index (χ1v) is 7.19. The average molecular weight is 302 g/mol. The zero-order valence-corrected chi connectivity index (χ0v) is 12.4. The lowest BCUT2D eigenvalue weighted by Crippen LogP contribution is -2.29. The summed E-state index contributed by atoms with van der Waals surface area (Å²) in [7, 11) is 1.59. The van der Waals surface area contributed by atoms with Gasteiger partial charge in [0, 0.05) is 12.0 Å². The molecule has 0 aliphatic heterocycles. The number of aliphatic hydroxyl groups excluding tert-OH is 1. The van der Waals surface area contributed by atoms with Crippen LogP contribution in [0.4, 0.5) is 5.82 Å². The maximum Gasteiger partial charge on any atom is 0.225 e. The molecule has 5 nitrogen and oxygen atoms in total. The first-order chi connectivity index (χ1) is 9.17. The van der Waals surface area contributed by atoms with Crippen LogP contribution >= 0.6 is 22.9 Å². The SMILES string of the molecule is CCc1cc2c(NC(CO)COC)nc(Cl)nc2s1. The fourth-order valence-corrected chi connectivity index (χ4v) is 2.95. The summed E-state index contributed by atoms with van der Waals surface area (Å²) in [4.78, 5) is 10.5. The van der Waals surface area contributed by atoms with Gasteiger partial charge in [0.1, 0.15) is 10.6 Å². The van der Waals surface area contributed by atoms with E-state index in [9.17, 15) is 5.11 Å². The summed E-state index contributed by atoms with van der Waals surface area (Å²) in [5, 5.41) is 13.6. The van der Waals surface area contributed by atoms with Crippen molar-refractivity contribution in [3.8, 4) is 0 Å². The summed E-state index contributed by atoms with van der Waals surface area (Å²) in [5.74, 6) is 0.641. The fourth-order valence-electron chi connectivity index (χ4n) is 1.76. The molecule has 1 unspecified atom stereocenters. The molecule has 2 heterocycles. The second kappa shape index (κ2) is 6.47. The summed E-state index contributed by atoms with van der Waals surface area (Å²) in [6.45, 7) is 2.44. The molecule has 2 N–H and O–H groups in total. The highest BCUT2D eigenvalue weighted by atomic mass is 35.5. The van der Waals surface area contributed by atoms with E-state index in [4.69, 9.17) is 16.3 Å². The van der Waals surface area contributed by atoms with Crippen LogP contribution in [0.5, 0.6) is 0 Å². The predicted octanol–water partition coefficient (Wildman–Crippen LogP) is 2.33. The summed E-state index contributed by atoms with van der Waals surface area (Å²) in [6.07, 6.45) is 0.944. The van der Waals surface area contributed by atoms with E-state index in [2.05, 4.69) is 28.3 Å². The van der Waals surface area contributed by atoms with E-state index in [0.29, 0.717) is 12.4 Å². The Balaban J connectivity index is 2.37. The van der Waals surface area contributed by atoms with E-state index >= 15 is 0 Å². The predicted molar refractivity (Wildman–Crippen MR) is 78.2 cm³/mol. The molecular formula is C12H16ClN3O2S. The molecule has 1 atom stereocenters. The Hall–Kier alpha value is -0.950. The van der Waals surface area contributed by atoms with Gasteiger partial charge in [-0.05, 0) is 24.1 Å². The van der Waals surface area contributed by atoms with Crippen molar-refractivity contribution in [3.05, 3.63) is 16.2 Å². The fraction of sp³-hybridized carbons (Fsp3) is 0.500. The van der Waals surface area contributed by atoms with Gasteiger partial charge in [0.25, 0.3) is 0 Å². The van der Waals surface area contributed by atoms with Gasteiger partial charge >= 0.3 is 0 Å². The minimum atomic E-state index is -0.218. The molecule has 2 rings (SSSR count). The Morgan fingerprint density at radius 3 is 2.95 bits per heavy atom. The quantitative estimate of drug-likeness (QED) is 0.802. The number of aryl methyl sites for hydroxylation is 1.